The maximum Gasteiger partial charge on any atom is 0.343 e. The Kier molecular flexibility index (Phi) is 7.89. The first-order valence-corrected chi connectivity index (χ1v) is 14.6. The van der Waals surface area contributed by atoms with Gasteiger partial charge in [-0.25, -0.2) is 18.4 Å². The number of halogens is 1. The molecule has 10 heteroatoms. The van der Waals surface area contributed by atoms with Gasteiger partial charge in [-0.1, -0.05) is 76.6 Å². The lowest BCUT2D eigenvalue weighted by Gasteiger charge is -2.10. The van der Waals surface area contributed by atoms with E-state index in [4.69, 9.17) is 14.3 Å². The van der Waals surface area contributed by atoms with Crippen molar-refractivity contribution in [3.63, 3.8) is 0 Å². The molecule has 6 rings (SSSR count). The van der Waals surface area contributed by atoms with Gasteiger partial charge in [0.15, 0.2) is 5.58 Å². The van der Waals surface area contributed by atoms with Crippen LogP contribution >= 0.6 is 15.9 Å². The molecule has 2 heterocycles. The molecule has 1 amide bonds. The second-order valence-electron chi connectivity index (χ2n) is 8.97. The number of sulfonamides is 1. The molecule has 0 saturated heterocycles. The molecular formula is C31H23BrN2O6S. The molecule has 6 aromatic rings. The molecule has 0 spiro atoms. The predicted octanol–water partition coefficient (Wildman–Crippen LogP) is 6.83. The molecule has 0 aliphatic carbocycles. The summed E-state index contributed by atoms with van der Waals surface area (Å²) in [5.41, 5.74) is 2.40. The lowest BCUT2D eigenvalue weighted by molar-refractivity contribution is 0.0603. The van der Waals surface area contributed by atoms with Gasteiger partial charge in [0, 0.05) is 15.6 Å². The summed E-state index contributed by atoms with van der Waals surface area (Å²) in [4.78, 5) is 24.7. The van der Waals surface area contributed by atoms with Crippen LogP contribution in [-0.2, 0) is 14.8 Å². The lowest BCUT2D eigenvalue weighted by atomic mass is 10.0. The van der Waals surface area contributed by atoms with E-state index in [2.05, 4.69) is 63.7 Å². The van der Waals surface area contributed by atoms with Gasteiger partial charge in [-0.2, -0.15) is 0 Å². The zero-order chi connectivity index (χ0) is 29.1. The predicted molar refractivity (Wildman–Crippen MR) is 162 cm³/mol. The van der Waals surface area contributed by atoms with Gasteiger partial charge in [-0.3, -0.25) is 4.79 Å². The maximum atomic E-state index is 12.7. The largest absolute Gasteiger partial charge is 0.465 e. The summed E-state index contributed by atoms with van der Waals surface area (Å²) in [6.07, 6.45) is 0. The first kappa shape index (κ1) is 28.0. The van der Waals surface area contributed by atoms with Crippen molar-refractivity contribution in [2.45, 2.75) is 4.90 Å². The Morgan fingerprint density at radius 1 is 0.829 bits per heavy atom. The number of carbonyl (C=O) groups is 2. The first-order chi connectivity index (χ1) is 19.7. The number of carbonyl (C=O) groups excluding carboxylic acids is 2. The van der Waals surface area contributed by atoms with Crippen LogP contribution in [0.2, 0.25) is 0 Å². The van der Waals surface area contributed by atoms with Crippen LogP contribution in [0.1, 0.15) is 20.7 Å². The molecule has 4 aromatic carbocycles. The summed E-state index contributed by atoms with van der Waals surface area (Å²) >= 11 is 3.43. The molecule has 0 unspecified atom stereocenters. The number of rotatable bonds is 5. The number of primary sulfonamides is 1. The summed E-state index contributed by atoms with van der Waals surface area (Å²) in [5.74, 6) is -1.08. The number of esters is 1. The van der Waals surface area contributed by atoms with E-state index in [9.17, 15) is 18.0 Å². The van der Waals surface area contributed by atoms with Crippen LogP contribution in [0, 0.1) is 0 Å². The average Bonchev–Trinajstić information content (AvgIpc) is 3.59. The number of hydrogen-bond donors (Lipinski definition) is 2. The van der Waals surface area contributed by atoms with E-state index in [0.29, 0.717) is 27.9 Å². The Balaban J connectivity index is 0.000000255. The molecule has 2 bridgehead atoms. The van der Waals surface area contributed by atoms with E-state index in [-0.39, 0.29) is 16.1 Å². The van der Waals surface area contributed by atoms with Crippen LogP contribution in [0.25, 0.3) is 33.1 Å². The Hall–Kier alpha value is -4.51. The smallest absolute Gasteiger partial charge is 0.343 e. The van der Waals surface area contributed by atoms with Gasteiger partial charge in [0.05, 0.1) is 12.0 Å². The fourth-order valence-electron chi connectivity index (χ4n) is 4.38. The van der Waals surface area contributed by atoms with E-state index in [1.807, 2.05) is 0 Å². The summed E-state index contributed by atoms with van der Waals surface area (Å²) in [6, 6.07) is 30.5. The minimum atomic E-state index is -3.90. The molecule has 206 valence electrons. The van der Waals surface area contributed by atoms with Gasteiger partial charge in [0.25, 0.3) is 5.91 Å². The number of furan rings is 2. The summed E-state index contributed by atoms with van der Waals surface area (Å²) in [7, 11) is -2.66. The van der Waals surface area contributed by atoms with E-state index in [1.54, 1.807) is 54.6 Å². The van der Waals surface area contributed by atoms with Crippen LogP contribution in [0.4, 0.5) is 5.69 Å². The molecule has 0 saturated carbocycles. The SMILES string of the molecule is Brc1ccc2ccccc2c1.COC(=O)c1c(NC(=O)c2ccc(-c3ccccc3S(N)(=O)=O)cc2)c2ccc1o2. The first-order valence-electron chi connectivity index (χ1n) is 12.3. The van der Waals surface area contributed by atoms with Crippen molar-refractivity contribution in [1.82, 2.24) is 0 Å². The summed E-state index contributed by atoms with van der Waals surface area (Å²) in [5, 5.41) is 10.5. The zero-order valence-corrected chi connectivity index (χ0v) is 24.0. The number of amides is 1. The third-order valence-electron chi connectivity index (χ3n) is 6.34. The number of hydrogen-bond acceptors (Lipinski definition) is 6. The quantitative estimate of drug-likeness (QED) is 0.201. The minimum absolute atomic E-state index is 0.00517. The Bertz CT molecular complexity index is 1980. The lowest BCUT2D eigenvalue weighted by Crippen LogP contribution is -2.15. The van der Waals surface area contributed by atoms with E-state index >= 15 is 0 Å². The van der Waals surface area contributed by atoms with Gasteiger partial charge >= 0.3 is 5.97 Å². The standard InChI is InChI=1S/C21H16N2O6S.C10H7Br/c1-28-21(25)18-15-10-11-16(29-15)19(18)23-20(24)13-8-6-12(7-9-13)14-4-2-3-5-17(14)30(22,26)27;11-10-6-5-8-3-1-2-4-9(8)7-10/h2-11H,1H3,(H,23,24)(H2,22,26,27);1-7H. The minimum Gasteiger partial charge on any atom is -0.465 e. The van der Waals surface area contributed by atoms with Gasteiger partial charge in [0.2, 0.25) is 10.0 Å². The molecule has 0 atom stereocenters. The highest BCUT2D eigenvalue weighted by Crippen LogP contribution is 2.34. The number of methoxy groups -OCH3 is 1. The van der Waals surface area contributed by atoms with Crippen molar-refractivity contribution in [1.29, 1.82) is 0 Å². The monoisotopic (exact) mass is 630 g/mol. The molecule has 41 heavy (non-hydrogen) atoms. The highest BCUT2D eigenvalue weighted by atomic mass is 79.9. The number of nitrogens with one attached hydrogen (secondary N) is 1. The van der Waals surface area contributed by atoms with Crippen molar-refractivity contribution >= 4 is 65.5 Å². The molecule has 8 nitrogen and oxygen atoms in total. The number of fused-ring (bicyclic) bond motifs is 3. The molecule has 0 aliphatic rings. The number of anilines is 1. The van der Waals surface area contributed by atoms with E-state index in [0.717, 1.165) is 4.47 Å². The number of benzene rings is 5. The van der Waals surface area contributed by atoms with Crippen molar-refractivity contribution in [3.05, 3.63) is 119 Å². The van der Waals surface area contributed by atoms with Crippen LogP contribution in [0.3, 0.4) is 0 Å². The molecule has 2 aromatic heterocycles. The Morgan fingerprint density at radius 2 is 1.49 bits per heavy atom. The maximum absolute atomic E-state index is 12.7. The number of ether oxygens (including phenoxy) is 1. The number of nitrogens with two attached hydrogens (primary N) is 1. The normalized spacial score (nSPS) is 11.2. The summed E-state index contributed by atoms with van der Waals surface area (Å²) < 4.78 is 35.0. The van der Waals surface area contributed by atoms with Crippen molar-refractivity contribution in [2.24, 2.45) is 5.14 Å². The molecule has 0 fully saturated rings. The van der Waals surface area contributed by atoms with Gasteiger partial charge in [0.1, 0.15) is 16.8 Å². The van der Waals surface area contributed by atoms with E-state index in [1.165, 1.54) is 23.9 Å². The van der Waals surface area contributed by atoms with Crippen LogP contribution in [0.5, 0.6) is 0 Å². The van der Waals surface area contributed by atoms with Crippen LogP contribution in [-0.4, -0.2) is 27.4 Å². The fraction of sp³-hybridized carbons (Fsp3) is 0.0323. The van der Waals surface area contributed by atoms with Gasteiger partial charge in [-0.15, -0.1) is 0 Å². The second kappa shape index (κ2) is 11.5. The average molecular weight is 632 g/mol. The third-order valence-corrected chi connectivity index (χ3v) is 7.80. The van der Waals surface area contributed by atoms with Crippen LogP contribution < -0.4 is 10.5 Å². The Labute approximate surface area is 244 Å². The van der Waals surface area contributed by atoms with Crippen molar-refractivity contribution < 1.29 is 27.2 Å². The molecule has 0 radical (unpaired) electrons. The highest BCUT2D eigenvalue weighted by molar-refractivity contribution is 9.10. The zero-order valence-electron chi connectivity index (χ0n) is 21.6. The molecule has 0 aliphatic heterocycles. The van der Waals surface area contributed by atoms with E-state index < -0.39 is 21.9 Å². The fourth-order valence-corrected chi connectivity index (χ4v) is 5.52. The van der Waals surface area contributed by atoms with Crippen LogP contribution in [0.15, 0.2) is 117 Å². The molecular weight excluding hydrogens is 608 g/mol. The van der Waals surface area contributed by atoms with Crippen molar-refractivity contribution in [2.75, 3.05) is 12.4 Å². The Morgan fingerprint density at radius 3 is 2.20 bits per heavy atom. The topological polar surface area (TPSA) is 129 Å². The van der Waals surface area contributed by atoms with Gasteiger partial charge < -0.3 is 14.5 Å². The summed E-state index contributed by atoms with van der Waals surface area (Å²) in [6.45, 7) is 0. The highest BCUT2D eigenvalue weighted by Gasteiger charge is 2.25. The molecule has 3 N–H and O–H groups in total. The van der Waals surface area contributed by atoms with Gasteiger partial charge in [-0.05, 0) is 58.8 Å². The third kappa shape index (κ3) is 5.99. The second-order valence-corrected chi connectivity index (χ2v) is 11.4. The van der Waals surface area contributed by atoms with Crippen molar-refractivity contribution in [3.8, 4) is 11.1 Å².